The topological polar surface area (TPSA) is 3.24 Å². The summed E-state index contributed by atoms with van der Waals surface area (Å²) in [5, 5.41) is 0. The van der Waals surface area contributed by atoms with E-state index in [0.717, 1.165) is 0 Å². The molecule has 73 heavy (non-hydrogen) atoms. The van der Waals surface area contributed by atoms with E-state index in [1.807, 2.05) is 0 Å². The van der Waals surface area contributed by atoms with E-state index >= 15 is 0 Å². The van der Waals surface area contributed by atoms with Crippen molar-refractivity contribution in [2.24, 2.45) is 0 Å². The van der Waals surface area contributed by atoms with Gasteiger partial charge in [-0.15, -0.1) is 0 Å². The summed E-state index contributed by atoms with van der Waals surface area (Å²) < 4.78 is 0. The molecule has 358 valence electrons. The molecule has 0 aromatic heterocycles. The Labute approximate surface area is 433 Å². The van der Waals surface area contributed by atoms with Gasteiger partial charge in [0.05, 0.1) is 5.41 Å². The monoisotopic (exact) mass is 944 g/mol. The third-order valence-corrected chi connectivity index (χ3v) is 18.4. The molecule has 2 spiro atoms. The molecule has 0 unspecified atom stereocenters. The molecule has 1 fully saturated rings. The Morgan fingerprint density at radius 3 is 1.40 bits per heavy atom. The van der Waals surface area contributed by atoms with E-state index in [0.29, 0.717) is 0 Å². The zero-order chi connectivity index (χ0) is 49.8. The van der Waals surface area contributed by atoms with Crippen LogP contribution in [-0.4, -0.2) is 0 Å². The molecule has 0 atom stereocenters. The third kappa shape index (κ3) is 6.15. The molecule has 9 aromatic carbocycles. The molecular weight excluding hydrogens is 879 g/mol. The van der Waals surface area contributed by atoms with E-state index in [1.54, 1.807) is 0 Å². The van der Waals surface area contributed by atoms with Crippen LogP contribution in [0.5, 0.6) is 0 Å². The number of anilines is 3. The zero-order valence-electron chi connectivity index (χ0n) is 43.9. The fourth-order valence-electron chi connectivity index (χ4n) is 14.9. The molecule has 1 nitrogen and oxygen atoms in total. The van der Waals surface area contributed by atoms with Crippen molar-refractivity contribution in [1.29, 1.82) is 0 Å². The SMILES string of the molecule is CC(C)(C)c1ccc2c(c1)C1(c3ccccc3-c3ccc(N(c4cccc(-c5cccc6c5C(C)(C)c5ccccc5-6)c4)c4ccc5c(c4)C4(CCCCC4)c4ccccc4-5)cc31)c1cc(C(C)(C)C)ccc1-2. The fourth-order valence-corrected chi connectivity index (χ4v) is 14.9. The smallest absolute Gasteiger partial charge is 0.0726 e. The van der Waals surface area contributed by atoms with Gasteiger partial charge in [-0.1, -0.05) is 226 Å². The van der Waals surface area contributed by atoms with E-state index in [1.165, 1.54) is 160 Å². The largest absolute Gasteiger partial charge is 0.310 e. The normalized spacial score (nSPS) is 16.5. The van der Waals surface area contributed by atoms with Crippen LogP contribution in [0.3, 0.4) is 0 Å². The fraction of sp³-hybridized carbons (Fsp3) is 0.250. The van der Waals surface area contributed by atoms with Crippen molar-refractivity contribution in [3.8, 4) is 55.6 Å². The van der Waals surface area contributed by atoms with Crippen LogP contribution >= 0.6 is 0 Å². The lowest BCUT2D eigenvalue weighted by Crippen LogP contribution is -2.28. The van der Waals surface area contributed by atoms with Crippen LogP contribution in [0.4, 0.5) is 17.1 Å². The Balaban J connectivity index is 1.03. The Hall–Kier alpha value is -7.22. The van der Waals surface area contributed by atoms with Crippen molar-refractivity contribution in [3.05, 3.63) is 244 Å². The summed E-state index contributed by atoms with van der Waals surface area (Å²) in [6, 6.07) is 73.9. The summed E-state index contributed by atoms with van der Waals surface area (Å²) in [5.74, 6) is 0. The Bertz CT molecular complexity index is 3720. The molecular formula is C72H65N. The second-order valence-electron chi connectivity index (χ2n) is 24.7. The molecule has 0 aliphatic heterocycles. The molecule has 0 bridgehead atoms. The van der Waals surface area contributed by atoms with Crippen LogP contribution in [0.1, 0.15) is 143 Å². The van der Waals surface area contributed by atoms with Gasteiger partial charge in [0, 0.05) is 27.9 Å². The molecule has 0 radical (unpaired) electrons. The summed E-state index contributed by atoms with van der Waals surface area (Å²) in [7, 11) is 0. The molecule has 0 heterocycles. The molecule has 9 aromatic rings. The highest BCUT2D eigenvalue weighted by Crippen LogP contribution is 2.65. The maximum Gasteiger partial charge on any atom is 0.0726 e. The van der Waals surface area contributed by atoms with Gasteiger partial charge in [0.15, 0.2) is 0 Å². The van der Waals surface area contributed by atoms with E-state index < -0.39 is 5.41 Å². The number of benzene rings is 9. The zero-order valence-corrected chi connectivity index (χ0v) is 43.9. The first-order valence-electron chi connectivity index (χ1n) is 27.1. The standard InChI is InChI=1S/C72H65N/c1-68(2,3)46-30-34-56-57-35-31-47(69(4,5)6)42-65(57)72(64(56)41-46)62-29-15-12-23-53(62)58-37-33-50(44-66(58)72)73(49-32-36-55-52-22-11-14-28-61(52)71(63(55)43-49)38-16-9-17-39-71)48-21-18-20-45(40-48)51-25-19-26-59-54-24-10-13-27-60(54)70(7,8)67(51)59/h10-15,18-37,40-44H,9,16-17,38-39H2,1-8H3. The summed E-state index contributed by atoms with van der Waals surface area (Å²) in [6.45, 7) is 19.0. The lowest BCUT2D eigenvalue weighted by Gasteiger charge is -2.37. The van der Waals surface area contributed by atoms with Crippen molar-refractivity contribution in [3.63, 3.8) is 0 Å². The summed E-state index contributed by atoms with van der Waals surface area (Å²) >= 11 is 0. The van der Waals surface area contributed by atoms with Crippen molar-refractivity contribution < 1.29 is 0 Å². The molecule has 0 amide bonds. The van der Waals surface area contributed by atoms with Crippen LogP contribution in [-0.2, 0) is 27.1 Å². The van der Waals surface area contributed by atoms with Crippen LogP contribution in [0.25, 0.3) is 55.6 Å². The Morgan fingerprint density at radius 1 is 0.342 bits per heavy atom. The summed E-state index contributed by atoms with van der Waals surface area (Å²) in [6.07, 6.45) is 6.21. The molecule has 1 heteroatoms. The van der Waals surface area contributed by atoms with E-state index in [-0.39, 0.29) is 21.7 Å². The van der Waals surface area contributed by atoms with Crippen molar-refractivity contribution in [1.82, 2.24) is 0 Å². The molecule has 0 N–H and O–H groups in total. The number of hydrogen-bond acceptors (Lipinski definition) is 1. The minimum atomic E-state index is -0.514. The van der Waals surface area contributed by atoms with Gasteiger partial charge in [-0.2, -0.15) is 0 Å². The van der Waals surface area contributed by atoms with Gasteiger partial charge >= 0.3 is 0 Å². The summed E-state index contributed by atoms with van der Waals surface area (Å²) in [4.78, 5) is 2.61. The van der Waals surface area contributed by atoms with Gasteiger partial charge in [-0.25, -0.2) is 0 Å². The van der Waals surface area contributed by atoms with Crippen molar-refractivity contribution in [2.75, 3.05) is 4.90 Å². The van der Waals surface area contributed by atoms with E-state index in [2.05, 4.69) is 248 Å². The maximum absolute atomic E-state index is 2.61. The maximum atomic E-state index is 2.61. The second-order valence-corrected chi connectivity index (χ2v) is 24.7. The molecule has 0 saturated heterocycles. The number of rotatable bonds is 4. The number of hydrogen-bond donors (Lipinski definition) is 0. The van der Waals surface area contributed by atoms with Gasteiger partial charge in [0.25, 0.3) is 0 Å². The van der Waals surface area contributed by atoms with Gasteiger partial charge in [0.2, 0.25) is 0 Å². The molecule has 5 aliphatic carbocycles. The highest BCUT2D eigenvalue weighted by atomic mass is 15.1. The first kappa shape index (κ1) is 44.5. The predicted molar refractivity (Wildman–Crippen MR) is 307 cm³/mol. The quantitative estimate of drug-likeness (QED) is 0.170. The Kier molecular flexibility index (Phi) is 9.39. The minimum absolute atomic E-state index is 0.0218. The molecule has 5 aliphatic rings. The Morgan fingerprint density at radius 2 is 0.781 bits per heavy atom. The lowest BCUT2D eigenvalue weighted by molar-refractivity contribution is 0.353. The van der Waals surface area contributed by atoms with Gasteiger partial charge in [0.1, 0.15) is 0 Å². The lowest BCUT2D eigenvalue weighted by atomic mass is 9.68. The average molecular weight is 944 g/mol. The second kappa shape index (κ2) is 15.4. The molecule has 1 saturated carbocycles. The van der Waals surface area contributed by atoms with Gasteiger partial charge < -0.3 is 4.90 Å². The summed E-state index contributed by atoms with van der Waals surface area (Å²) in [5.41, 5.74) is 30.4. The van der Waals surface area contributed by atoms with Crippen molar-refractivity contribution in [2.45, 2.75) is 115 Å². The first-order chi connectivity index (χ1) is 35.2. The van der Waals surface area contributed by atoms with Crippen LogP contribution in [0, 0.1) is 0 Å². The van der Waals surface area contributed by atoms with Crippen LogP contribution in [0.2, 0.25) is 0 Å². The molecule has 14 rings (SSSR count). The number of fused-ring (bicyclic) bond motifs is 18. The van der Waals surface area contributed by atoms with Crippen molar-refractivity contribution >= 4 is 17.1 Å². The minimum Gasteiger partial charge on any atom is -0.310 e. The third-order valence-electron chi connectivity index (χ3n) is 18.4. The number of nitrogens with zero attached hydrogens (tertiary/aromatic N) is 1. The highest BCUT2D eigenvalue weighted by molar-refractivity contribution is 5.98. The first-order valence-corrected chi connectivity index (χ1v) is 27.1. The van der Waals surface area contributed by atoms with Crippen LogP contribution in [0.15, 0.2) is 188 Å². The van der Waals surface area contributed by atoms with Crippen LogP contribution < -0.4 is 4.90 Å². The van der Waals surface area contributed by atoms with Gasteiger partial charge in [-0.05, 0) is 171 Å². The van der Waals surface area contributed by atoms with E-state index in [9.17, 15) is 0 Å². The van der Waals surface area contributed by atoms with E-state index in [4.69, 9.17) is 0 Å². The average Bonchev–Trinajstić information content (AvgIpc) is 4.06. The predicted octanol–water partition coefficient (Wildman–Crippen LogP) is 19.3. The highest BCUT2D eigenvalue weighted by Gasteiger charge is 2.53. The van der Waals surface area contributed by atoms with Gasteiger partial charge in [-0.3, -0.25) is 0 Å².